The monoisotopic (exact) mass is 209 g/mol. The molecule has 0 bridgehead atoms. The van der Waals surface area contributed by atoms with Crippen LogP contribution in [0.5, 0.6) is 0 Å². The minimum absolute atomic E-state index is 0.131. The maximum Gasteiger partial charge on any atom is 0.354 e. The topological polar surface area (TPSA) is 102 Å². The molecule has 0 saturated heterocycles. The fraction of sp³-hybridized carbons (Fsp3) is 0.222. The number of carbonyl (C=O) groups is 1. The number of rotatable bonds is 3. The van der Waals surface area contributed by atoms with Crippen LogP contribution in [0.25, 0.3) is 5.70 Å². The summed E-state index contributed by atoms with van der Waals surface area (Å²) in [5, 5.41) is 8.69. The Morgan fingerprint density at radius 1 is 1.73 bits per heavy atom. The summed E-state index contributed by atoms with van der Waals surface area (Å²) in [4.78, 5) is 18.0. The first-order valence-corrected chi connectivity index (χ1v) is 4.14. The number of aliphatic carboxylic acids is 1. The average molecular weight is 209 g/mol. The number of hydrogen-bond acceptors (Lipinski definition) is 5. The highest BCUT2D eigenvalue weighted by atomic mass is 16.4. The molecule has 0 fully saturated rings. The van der Waals surface area contributed by atoms with Crippen molar-refractivity contribution < 1.29 is 14.3 Å². The van der Waals surface area contributed by atoms with Crippen molar-refractivity contribution in [3.05, 3.63) is 23.9 Å². The highest BCUT2D eigenvalue weighted by Gasteiger charge is 2.09. The summed E-state index contributed by atoms with van der Waals surface area (Å²) in [7, 11) is 1.37. The number of aryl methyl sites for hydroxylation is 1. The van der Waals surface area contributed by atoms with Gasteiger partial charge in [-0.25, -0.2) is 9.78 Å². The Bertz CT molecular complexity index is 432. The van der Waals surface area contributed by atoms with Gasteiger partial charge >= 0.3 is 5.97 Å². The zero-order valence-corrected chi connectivity index (χ0v) is 8.39. The molecule has 0 atom stereocenters. The number of aliphatic imine (C=N–C) groups is 1. The van der Waals surface area contributed by atoms with Crippen LogP contribution in [0, 0.1) is 6.92 Å². The first-order valence-electron chi connectivity index (χ1n) is 4.14. The van der Waals surface area contributed by atoms with Gasteiger partial charge in [-0.1, -0.05) is 0 Å². The highest BCUT2D eigenvalue weighted by molar-refractivity contribution is 6.41. The fourth-order valence-electron chi connectivity index (χ4n) is 0.919. The zero-order chi connectivity index (χ0) is 11.4. The lowest BCUT2D eigenvalue weighted by molar-refractivity contribution is -0.129. The molecule has 15 heavy (non-hydrogen) atoms. The molecule has 6 heteroatoms. The molecule has 0 spiro atoms. The molecule has 3 N–H and O–H groups in total. The number of nitrogens with zero attached hydrogens (tertiary/aromatic N) is 2. The minimum atomic E-state index is -1.15. The Morgan fingerprint density at radius 3 is 2.80 bits per heavy atom. The van der Waals surface area contributed by atoms with Crippen LogP contribution >= 0.6 is 0 Å². The second kappa shape index (κ2) is 4.41. The maximum atomic E-state index is 10.6. The van der Waals surface area contributed by atoms with Gasteiger partial charge in [0.1, 0.15) is 11.5 Å². The molecule has 1 aromatic rings. The van der Waals surface area contributed by atoms with Crippen LogP contribution in [0.2, 0.25) is 0 Å². The fourth-order valence-corrected chi connectivity index (χ4v) is 0.919. The van der Waals surface area contributed by atoms with E-state index in [2.05, 4.69) is 9.98 Å². The highest BCUT2D eigenvalue weighted by Crippen LogP contribution is 2.08. The van der Waals surface area contributed by atoms with Crippen LogP contribution in [0.3, 0.4) is 0 Å². The van der Waals surface area contributed by atoms with Gasteiger partial charge in [0, 0.05) is 7.05 Å². The summed E-state index contributed by atoms with van der Waals surface area (Å²) in [6.45, 7) is 1.72. The Balaban J connectivity index is 2.98. The van der Waals surface area contributed by atoms with Crippen molar-refractivity contribution in [1.82, 2.24) is 4.98 Å². The van der Waals surface area contributed by atoms with Gasteiger partial charge in [0.05, 0.1) is 11.9 Å². The molecule has 80 valence electrons. The van der Waals surface area contributed by atoms with Crippen LogP contribution in [-0.2, 0) is 4.79 Å². The molecular weight excluding hydrogens is 198 g/mol. The minimum Gasteiger partial charge on any atom is -0.477 e. The van der Waals surface area contributed by atoms with Gasteiger partial charge < -0.3 is 15.3 Å². The lowest BCUT2D eigenvalue weighted by Gasteiger charge is -1.95. The molecule has 0 aliphatic heterocycles. The third kappa shape index (κ3) is 2.67. The van der Waals surface area contributed by atoms with Crippen molar-refractivity contribution in [3.8, 4) is 0 Å². The van der Waals surface area contributed by atoms with E-state index < -0.39 is 5.97 Å². The normalized spacial score (nSPS) is 12.9. The molecule has 1 heterocycles. The summed E-state index contributed by atoms with van der Waals surface area (Å²) >= 11 is 0. The van der Waals surface area contributed by atoms with Crippen molar-refractivity contribution in [2.24, 2.45) is 10.7 Å². The van der Waals surface area contributed by atoms with Crippen LogP contribution < -0.4 is 5.73 Å². The van der Waals surface area contributed by atoms with Crippen LogP contribution in [-0.4, -0.2) is 28.8 Å². The van der Waals surface area contributed by atoms with E-state index in [1.165, 1.54) is 19.3 Å². The molecule has 1 aromatic heterocycles. The lowest BCUT2D eigenvalue weighted by atomic mass is 10.3. The van der Waals surface area contributed by atoms with E-state index in [0.717, 1.165) is 0 Å². The first kappa shape index (κ1) is 11.0. The van der Waals surface area contributed by atoms with Crippen LogP contribution in [0.4, 0.5) is 0 Å². The number of carboxylic acids is 1. The van der Waals surface area contributed by atoms with Crippen molar-refractivity contribution in [2.45, 2.75) is 6.92 Å². The summed E-state index contributed by atoms with van der Waals surface area (Å²) < 4.78 is 5.12. The van der Waals surface area contributed by atoms with Gasteiger partial charge in [-0.2, -0.15) is 0 Å². The lowest BCUT2D eigenvalue weighted by Crippen LogP contribution is -2.12. The summed E-state index contributed by atoms with van der Waals surface area (Å²) in [5.74, 6) is -0.356. The van der Waals surface area contributed by atoms with Gasteiger partial charge in [-0.15, -0.1) is 0 Å². The molecule has 0 aliphatic rings. The number of nitrogens with two attached hydrogens (primary N) is 1. The van der Waals surface area contributed by atoms with Crippen LogP contribution in [0.1, 0.15) is 11.7 Å². The zero-order valence-electron chi connectivity index (χ0n) is 8.39. The van der Waals surface area contributed by atoms with E-state index in [1.54, 1.807) is 6.92 Å². The maximum absolute atomic E-state index is 10.6. The second-order valence-corrected chi connectivity index (χ2v) is 2.79. The number of oxazole rings is 1. The first-order chi connectivity index (χ1) is 7.04. The van der Waals surface area contributed by atoms with E-state index in [1.807, 2.05) is 0 Å². The van der Waals surface area contributed by atoms with E-state index in [4.69, 9.17) is 15.3 Å². The van der Waals surface area contributed by atoms with Crippen molar-refractivity contribution in [1.29, 1.82) is 0 Å². The van der Waals surface area contributed by atoms with Crippen LogP contribution in [0.15, 0.2) is 21.7 Å². The molecule has 0 aliphatic carbocycles. The van der Waals surface area contributed by atoms with Gasteiger partial charge in [0.2, 0.25) is 5.89 Å². The van der Waals surface area contributed by atoms with Crippen molar-refractivity contribution in [3.63, 3.8) is 0 Å². The second-order valence-electron chi connectivity index (χ2n) is 2.79. The standard InChI is InChI=1S/C9H11N3O3/c1-5-4-12-8(15-5)6(10)3-7(11-2)9(13)14/h3-4H,10H2,1-2H3,(H,13,14)/b6-3-,11-7?. The Hall–Kier alpha value is -2.11. The van der Waals surface area contributed by atoms with Gasteiger partial charge in [-0.3, -0.25) is 4.99 Å². The molecule has 0 radical (unpaired) electrons. The molecule has 0 aromatic carbocycles. The van der Waals surface area contributed by atoms with Crippen molar-refractivity contribution in [2.75, 3.05) is 7.05 Å². The Morgan fingerprint density at radius 2 is 2.40 bits per heavy atom. The van der Waals surface area contributed by atoms with E-state index in [9.17, 15) is 4.79 Å². The summed E-state index contributed by atoms with van der Waals surface area (Å²) in [5.41, 5.74) is 5.56. The SMILES string of the molecule is CN=C(/C=C(\N)c1ncc(C)o1)C(=O)O. The Labute approximate surface area is 86.1 Å². The smallest absolute Gasteiger partial charge is 0.354 e. The molecular formula is C9H11N3O3. The number of carboxylic acid groups (broad SMARTS) is 1. The average Bonchev–Trinajstić information content (AvgIpc) is 2.60. The Kier molecular flexibility index (Phi) is 3.22. The van der Waals surface area contributed by atoms with Gasteiger partial charge in [0.15, 0.2) is 0 Å². The molecule has 0 unspecified atom stereocenters. The molecule has 0 saturated carbocycles. The molecule has 0 amide bonds. The predicted molar refractivity (Wildman–Crippen MR) is 54.4 cm³/mol. The summed E-state index contributed by atoms with van der Waals surface area (Å²) in [6, 6.07) is 0. The third-order valence-corrected chi connectivity index (χ3v) is 1.62. The van der Waals surface area contributed by atoms with E-state index >= 15 is 0 Å². The summed E-state index contributed by atoms with van der Waals surface area (Å²) in [6.07, 6.45) is 2.70. The van der Waals surface area contributed by atoms with Gasteiger partial charge in [-0.05, 0) is 13.0 Å². The van der Waals surface area contributed by atoms with E-state index in [0.29, 0.717) is 5.76 Å². The molecule has 1 rings (SSSR count). The number of aromatic nitrogens is 1. The molecule has 6 nitrogen and oxygen atoms in total. The quantitative estimate of drug-likeness (QED) is 0.703. The third-order valence-electron chi connectivity index (χ3n) is 1.62. The van der Waals surface area contributed by atoms with Gasteiger partial charge in [0.25, 0.3) is 0 Å². The largest absolute Gasteiger partial charge is 0.477 e. The van der Waals surface area contributed by atoms with E-state index in [-0.39, 0.29) is 17.3 Å². The predicted octanol–water partition coefficient (Wildman–Crippen LogP) is 0.438. The van der Waals surface area contributed by atoms with Crippen molar-refractivity contribution >= 4 is 17.4 Å². The number of hydrogen-bond donors (Lipinski definition) is 2.